The minimum absolute atomic E-state index is 0.0412. The van der Waals surface area contributed by atoms with Gasteiger partial charge in [0.2, 0.25) is 0 Å². The highest BCUT2D eigenvalue weighted by atomic mass is 19.1. The van der Waals surface area contributed by atoms with Crippen molar-refractivity contribution in [2.24, 2.45) is 0 Å². The van der Waals surface area contributed by atoms with Gasteiger partial charge < -0.3 is 24.2 Å². The number of carbonyl (C=O) groups excluding carboxylic acids is 2. The molecule has 2 aromatic rings. The number of rotatable bonds is 9. The molecule has 37 heavy (non-hydrogen) atoms. The zero-order valence-electron chi connectivity index (χ0n) is 21.4. The maximum atomic E-state index is 14.7. The Balaban J connectivity index is 1.69. The Labute approximate surface area is 216 Å². The number of hydrogen-bond acceptors (Lipinski definition) is 7. The molecule has 1 N–H and O–H groups in total. The maximum absolute atomic E-state index is 14.7. The number of aliphatic hydroxyl groups is 1. The summed E-state index contributed by atoms with van der Waals surface area (Å²) < 4.78 is 30.9. The average Bonchev–Trinajstić information content (AvgIpc) is 3.15. The number of morpholine rings is 1. The van der Waals surface area contributed by atoms with Gasteiger partial charge in [-0.2, -0.15) is 0 Å². The zero-order chi connectivity index (χ0) is 26.5. The summed E-state index contributed by atoms with van der Waals surface area (Å²) in [6, 6.07) is 10.2. The molecule has 9 heteroatoms. The Morgan fingerprint density at radius 3 is 2.57 bits per heavy atom. The number of hydrogen-bond donors (Lipinski definition) is 1. The Morgan fingerprint density at radius 2 is 1.89 bits per heavy atom. The molecule has 0 radical (unpaired) electrons. The molecule has 2 heterocycles. The molecule has 8 nitrogen and oxygen atoms in total. The molecule has 2 aromatic carbocycles. The number of nitrogens with zero attached hydrogens (tertiary/aromatic N) is 2. The molecule has 0 unspecified atom stereocenters. The number of aliphatic hydroxyl groups excluding tert-OH is 1. The third-order valence-electron chi connectivity index (χ3n) is 6.49. The lowest BCUT2D eigenvalue weighted by Gasteiger charge is -2.29. The van der Waals surface area contributed by atoms with Crippen molar-refractivity contribution in [1.82, 2.24) is 9.80 Å². The average molecular weight is 513 g/mol. The quantitative estimate of drug-likeness (QED) is 0.311. The van der Waals surface area contributed by atoms with E-state index >= 15 is 0 Å². The van der Waals surface area contributed by atoms with Gasteiger partial charge in [-0.3, -0.25) is 14.5 Å². The van der Waals surface area contributed by atoms with Gasteiger partial charge in [-0.1, -0.05) is 12.1 Å². The van der Waals surface area contributed by atoms with Crippen molar-refractivity contribution < 1.29 is 33.3 Å². The summed E-state index contributed by atoms with van der Waals surface area (Å²) in [7, 11) is 1.53. The van der Waals surface area contributed by atoms with Crippen LogP contribution in [0.2, 0.25) is 0 Å². The van der Waals surface area contributed by atoms with Gasteiger partial charge in [0.25, 0.3) is 11.7 Å². The van der Waals surface area contributed by atoms with E-state index in [9.17, 15) is 19.1 Å². The summed E-state index contributed by atoms with van der Waals surface area (Å²) in [6.07, 6.45) is 0.411. The summed E-state index contributed by atoms with van der Waals surface area (Å²) in [5, 5.41) is 11.2. The van der Waals surface area contributed by atoms with E-state index in [0.717, 1.165) is 25.7 Å². The van der Waals surface area contributed by atoms with Crippen molar-refractivity contribution in [3.05, 3.63) is 65.0 Å². The molecule has 0 saturated carbocycles. The monoisotopic (exact) mass is 512 g/mol. The SMILES string of the molecule is COc1cccc([C@H]2C(=C(O)c3ccc(OC(C)C)c(F)c3)C(=O)C(=O)N2CCCN2CCOCC2)c1. The number of amides is 1. The number of ketones is 1. The molecule has 0 aromatic heterocycles. The van der Waals surface area contributed by atoms with Crippen LogP contribution >= 0.6 is 0 Å². The van der Waals surface area contributed by atoms with Crippen molar-refractivity contribution in [3.63, 3.8) is 0 Å². The molecule has 4 rings (SSSR count). The Bertz CT molecular complexity index is 1180. The summed E-state index contributed by atoms with van der Waals surface area (Å²) in [5.74, 6) is -2.01. The highest BCUT2D eigenvalue weighted by molar-refractivity contribution is 6.46. The fraction of sp³-hybridized carbons (Fsp3) is 0.429. The number of methoxy groups -OCH3 is 1. The fourth-order valence-corrected chi connectivity index (χ4v) is 4.71. The minimum Gasteiger partial charge on any atom is -0.507 e. The molecule has 0 bridgehead atoms. The minimum atomic E-state index is -0.838. The number of benzene rings is 2. The van der Waals surface area contributed by atoms with Crippen molar-refractivity contribution in [2.45, 2.75) is 32.4 Å². The lowest BCUT2D eigenvalue weighted by molar-refractivity contribution is -0.140. The molecule has 0 aliphatic carbocycles. The van der Waals surface area contributed by atoms with E-state index in [0.29, 0.717) is 37.5 Å². The van der Waals surface area contributed by atoms with Gasteiger partial charge in [0.05, 0.1) is 38.0 Å². The lowest BCUT2D eigenvalue weighted by Crippen LogP contribution is -2.38. The van der Waals surface area contributed by atoms with Crippen LogP contribution in [0, 0.1) is 5.82 Å². The van der Waals surface area contributed by atoms with E-state index < -0.39 is 29.3 Å². The largest absolute Gasteiger partial charge is 0.507 e. The molecule has 2 aliphatic heterocycles. The predicted octanol–water partition coefficient (Wildman–Crippen LogP) is 3.77. The molecular weight excluding hydrogens is 479 g/mol. The number of likely N-dealkylation sites (tertiary alicyclic amines) is 1. The van der Waals surface area contributed by atoms with Crippen molar-refractivity contribution >= 4 is 17.4 Å². The summed E-state index contributed by atoms with van der Waals surface area (Å²) in [5.41, 5.74) is 0.626. The maximum Gasteiger partial charge on any atom is 0.295 e. The predicted molar refractivity (Wildman–Crippen MR) is 136 cm³/mol. The first-order valence-electron chi connectivity index (χ1n) is 12.5. The molecule has 1 atom stereocenters. The summed E-state index contributed by atoms with van der Waals surface area (Å²) in [6.45, 7) is 7.61. The molecule has 2 saturated heterocycles. The van der Waals surface area contributed by atoms with Gasteiger partial charge >= 0.3 is 0 Å². The molecule has 0 spiro atoms. The second-order valence-electron chi connectivity index (χ2n) is 9.39. The number of Topliss-reactive ketones (excluding diaryl/α,β-unsaturated/α-hetero) is 1. The van der Waals surface area contributed by atoms with Crippen LogP contribution in [0.15, 0.2) is 48.0 Å². The van der Waals surface area contributed by atoms with Crippen LogP contribution in [-0.4, -0.2) is 79.2 Å². The number of halogens is 1. The Morgan fingerprint density at radius 1 is 1.14 bits per heavy atom. The normalized spacial score (nSPS) is 20.0. The fourth-order valence-electron chi connectivity index (χ4n) is 4.71. The molecule has 198 valence electrons. The van der Waals surface area contributed by atoms with Gasteiger partial charge in [-0.15, -0.1) is 0 Å². The third-order valence-corrected chi connectivity index (χ3v) is 6.49. The zero-order valence-corrected chi connectivity index (χ0v) is 21.4. The Kier molecular flexibility index (Phi) is 8.45. The van der Waals surface area contributed by atoms with Crippen molar-refractivity contribution in [1.29, 1.82) is 0 Å². The Hall–Kier alpha value is -3.43. The highest BCUT2D eigenvalue weighted by Gasteiger charge is 2.46. The second-order valence-corrected chi connectivity index (χ2v) is 9.39. The van der Waals surface area contributed by atoms with E-state index in [1.165, 1.54) is 24.1 Å². The van der Waals surface area contributed by atoms with Crippen LogP contribution in [0.4, 0.5) is 4.39 Å². The van der Waals surface area contributed by atoms with Crippen LogP contribution in [0.1, 0.15) is 37.4 Å². The van der Waals surface area contributed by atoms with Crippen LogP contribution in [0.25, 0.3) is 5.76 Å². The van der Waals surface area contributed by atoms with Crippen LogP contribution in [-0.2, 0) is 14.3 Å². The van der Waals surface area contributed by atoms with E-state index in [1.54, 1.807) is 38.1 Å². The van der Waals surface area contributed by atoms with Crippen molar-refractivity contribution in [3.8, 4) is 11.5 Å². The van der Waals surface area contributed by atoms with Gasteiger partial charge in [-0.05, 0) is 56.2 Å². The van der Waals surface area contributed by atoms with Crippen LogP contribution < -0.4 is 9.47 Å². The molecule has 2 aliphatic rings. The first-order chi connectivity index (χ1) is 17.8. The standard InChI is InChI=1S/C28H33FN2O6/c1-18(2)37-23-9-8-20(17-22(23)29)26(32)24-25(19-6-4-7-21(16-19)35-3)31(28(34)27(24)33)11-5-10-30-12-14-36-15-13-30/h4,6-9,16-18,25,32H,5,10-15H2,1-3H3/t25-/m0/s1. The van der Waals surface area contributed by atoms with Crippen LogP contribution in [0.3, 0.4) is 0 Å². The van der Waals surface area contributed by atoms with Crippen molar-refractivity contribution in [2.75, 3.05) is 46.5 Å². The van der Waals surface area contributed by atoms with Gasteiger partial charge in [0.1, 0.15) is 11.5 Å². The summed E-state index contributed by atoms with van der Waals surface area (Å²) in [4.78, 5) is 30.2. The van der Waals surface area contributed by atoms with Crippen LogP contribution in [0.5, 0.6) is 11.5 Å². The molecular formula is C28H33FN2O6. The number of carbonyl (C=O) groups is 2. The first kappa shape index (κ1) is 26.6. The molecule has 1 amide bonds. The number of ether oxygens (including phenoxy) is 3. The molecule has 2 fully saturated rings. The van der Waals surface area contributed by atoms with E-state index in [4.69, 9.17) is 14.2 Å². The summed E-state index contributed by atoms with van der Waals surface area (Å²) >= 11 is 0. The van der Waals surface area contributed by atoms with E-state index in [1.807, 2.05) is 0 Å². The topological polar surface area (TPSA) is 88.5 Å². The lowest BCUT2D eigenvalue weighted by atomic mass is 9.95. The first-order valence-corrected chi connectivity index (χ1v) is 12.5. The third kappa shape index (κ3) is 5.94. The smallest absolute Gasteiger partial charge is 0.295 e. The van der Waals surface area contributed by atoms with E-state index in [-0.39, 0.29) is 23.0 Å². The van der Waals surface area contributed by atoms with Gasteiger partial charge in [-0.25, -0.2) is 4.39 Å². The van der Waals surface area contributed by atoms with Gasteiger partial charge in [0, 0.05) is 31.7 Å². The second kappa shape index (κ2) is 11.7. The van der Waals surface area contributed by atoms with Gasteiger partial charge in [0.15, 0.2) is 11.6 Å². The van der Waals surface area contributed by atoms with E-state index in [2.05, 4.69) is 4.90 Å². The highest BCUT2D eigenvalue weighted by Crippen LogP contribution is 2.40.